The van der Waals surface area contributed by atoms with Crippen molar-refractivity contribution in [3.8, 4) is 28.7 Å². The van der Waals surface area contributed by atoms with E-state index in [-0.39, 0.29) is 5.91 Å². The summed E-state index contributed by atoms with van der Waals surface area (Å²) in [5, 5.41) is 20.0. The van der Waals surface area contributed by atoms with E-state index in [1.807, 2.05) is 12.1 Å². The first-order valence-electron chi connectivity index (χ1n) is 9.71. The van der Waals surface area contributed by atoms with Crippen LogP contribution in [0.4, 0.5) is 5.82 Å². The number of rotatable bonds is 4. The Hall–Kier alpha value is -4.85. The van der Waals surface area contributed by atoms with Crippen molar-refractivity contribution < 1.29 is 4.79 Å². The van der Waals surface area contributed by atoms with Crippen LogP contribution < -0.4 is 11.2 Å². The quantitative estimate of drug-likeness (QED) is 0.370. The summed E-state index contributed by atoms with van der Waals surface area (Å²) in [7, 11) is 0. The number of pyridine rings is 3. The summed E-state index contributed by atoms with van der Waals surface area (Å²) in [4.78, 5) is 28.9. The lowest BCUT2D eigenvalue weighted by Gasteiger charge is -2.05. The van der Waals surface area contributed by atoms with Crippen molar-refractivity contribution in [2.45, 2.75) is 13.3 Å². The van der Waals surface area contributed by atoms with Crippen LogP contribution in [0.3, 0.4) is 0 Å². The second-order valence-corrected chi connectivity index (χ2v) is 7.00. The highest BCUT2D eigenvalue weighted by Crippen LogP contribution is 2.30. The van der Waals surface area contributed by atoms with E-state index in [1.54, 1.807) is 31.6 Å². The number of H-pyrrole nitrogens is 1. The number of nitrogens with two attached hydrogens (primary N) is 1. The Kier molecular flexibility index (Phi) is 4.45. The van der Waals surface area contributed by atoms with Crippen LogP contribution in [0.25, 0.3) is 44.7 Å². The molecule has 156 valence electrons. The molecule has 0 aliphatic carbocycles. The molecule has 0 aliphatic heterocycles. The lowest BCUT2D eigenvalue weighted by atomic mass is 10.1. The van der Waals surface area contributed by atoms with Crippen molar-refractivity contribution in [3.63, 3.8) is 0 Å². The predicted octanol–water partition coefficient (Wildman–Crippen LogP) is 2.37. The maximum atomic E-state index is 11.5. The summed E-state index contributed by atoms with van der Waals surface area (Å²) >= 11 is 0. The second kappa shape index (κ2) is 7.44. The number of aromatic nitrogens is 7. The number of carbonyl (C=O) groups is 1. The Labute approximate surface area is 180 Å². The fourth-order valence-corrected chi connectivity index (χ4v) is 3.37. The number of nitriles is 1. The molecule has 5 rings (SSSR count). The lowest BCUT2D eigenvalue weighted by molar-refractivity contribution is -0.115. The van der Waals surface area contributed by atoms with Gasteiger partial charge in [0, 0.05) is 36.1 Å². The number of fused-ring (bicyclic) bond motifs is 2. The number of nitrogens with zero attached hydrogens (tertiary/aromatic N) is 7. The molecule has 5 heterocycles. The summed E-state index contributed by atoms with van der Waals surface area (Å²) in [6.45, 7) is 1.78. The number of hydrogen-bond donors (Lipinski definition) is 3. The third kappa shape index (κ3) is 3.07. The first kappa shape index (κ1) is 19.1. The molecule has 5 aromatic heterocycles. The maximum absolute atomic E-state index is 11.5. The average molecular weight is 424 g/mol. The fraction of sp³-hybridized carbons (Fsp3) is 0.0952. The first-order chi connectivity index (χ1) is 15.6. The summed E-state index contributed by atoms with van der Waals surface area (Å²) in [6.07, 6.45) is 6.74. The highest BCUT2D eigenvalue weighted by Gasteiger charge is 2.19. The van der Waals surface area contributed by atoms with E-state index < -0.39 is 0 Å². The molecule has 32 heavy (non-hydrogen) atoms. The summed E-state index contributed by atoms with van der Waals surface area (Å²) in [6, 6.07) is 7.57. The zero-order chi connectivity index (χ0) is 22.2. The van der Waals surface area contributed by atoms with Gasteiger partial charge < -0.3 is 11.2 Å². The van der Waals surface area contributed by atoms with E-state index in [0.717, 1.165) is 11.1 Å². The predicted molar refractivity (Wildman–Crippen MR) is 117 cm³/mol. The molecule has 0 unspecified atom stereocenters. The van der Waals surface area contributed by atoms with E-state index in [9.17, 15) is 10.1 Å². The van der Waals surface area contributed by atoms with Crippen molar-refractivity contribution in [2.75, 3.05) is 11.2 Å². The third-order valence-electron chi connectivity index (χ3n) is 5.04. The molecule has 0 saturated carbocycles. The average Bonchev–Trinajstić information content (AvgIpc) is 3.39. The van der Waals surface area contributed by atoms with Gasteiger partial charge in [-0.25, -0.2) is 19.6 Å². The van der Waals surface area contributed by atoms with Crippen molar-refractivity contribution in [2.24, 2.45) is 0 Å². The van der Waals surface area contributed by atoms with Gasteiger partial charge in [0.1, 0.15) is 28.6 Å². The highest BCUT2D eigenvalue weighted by molar-refractivity contribution is 5.94. The zero-order valence-electron chi connectivity index (χ0n) is 16.9. The standard InChI is InChI=1S/C21H16N10O/c1-2-17(32)27-16-4-3-11(8-25-16)12-5-14-19(29-30-20(14)26-9-12)21-28-18-13(6-22)7-24-10-15(18)31(21)23/h3-5,7-10H,2,23H2,1H3,(H,25,27,32)(H,26,29,30). The molecule has 0 bridgehead atoms. The third-order valence-corrected chi connectivity index (χ3v) is 5.04. The molecule has 0 saturated heterocycles. The molecule has 0 atom stereocenters. The number of anilines is 1. The minimum absolute atomic E-state index is 0.101. The number of amides is 1. The van der Waals surface area contributed by atoms with Crippen LogP contribution in [0, 0.1) is 11.3 Å². The number of nitrogens with one attached hydrogen (secondary N) is 2. The Morgan fingerprint density at radius 3 is 2.81 bits per heavy atom. The van der Waals surface area contributed by atoms with Gasteiger partial charge in [-0.05, 0) is 18.2 Å². The van der Waals surface area contributed by atoms with E-state index in [1.165, 1.54) is 10.9 Å². The fourth-order valence-electron chi connectivity index (χ4n) is 3.37. The monoisotopic (exact) mass is 424 g/mol. The van der Waals surface area contributed by atoms with Gasteiger partial charge in [0.25, 0.3) is 0 Å². The first-order valence-corrected chi connectivity index (χ1v) is 9.71. The summed E-state index contributed by atoms with van der Waals surface area (Å²) < 4.78 is 1.37. The zero-order valence-corrected chi connectivity index (χ0v) is 16.9. The Balaban J connectivity index is 1.58. The number of hydrogen-bond acceptors (Lipinski definition) is 8. The van der Waals surface area contributed by atoms with E-state index in [0.29, 0.717) is 51.4 Å². The largest absolute Gasteiger partial charge is 0.337 e. The molecule has 11 nitrogen and oxygen atoms in total. The van der Waals surface area contributed by atoms with Crippen LogP contribution in [0.15, 0.2) is 43.0 Å². The van der Waals surface area contributed by atoms with Gasteiger partial charge >= 0.3 is 0 Å². The van der Waals surface area contributed by atoms with Crippen LogP contribution in [0.2, 0.25) is 0 Å². The van der Waals surface area contributed by atoms with Crippen molar-refractivity contribution >= 4 is 33.8 Å². The van der Waals surface area contributed by atoms with Crippen LogP contribution in [-0.4, -0.2) is 40.7 Å². The van der Waals surface area contributed by atoms with Crippen molar-refractivity contribution in [1.82, 2.24) is 34.8 Å². The molecule has 0 radical (unpaired) electrons. The summed E-state index contributed by atoms with van der Waals surface area (Å²) in [5.74, 6) is 7.04. The van der Waals surface area contributed by atoms with Gasteiger partial charge in [-0.3, -0.25) is 14.9 Å². The Bertz CT molecular complexity index is 1520. The minimum Gasteiger partial charge on any atom is -0.337 e. The molecular formula is C21H16N10O. The SMILES string of the molecule is CCC(=O)Nc1ccc(-c2cnc3n[nH]c(-c4nc5c(C#N)cncc5n4N)c3c2)cn1. The summed E-state index contributed by atoms with van der Waals surface area (Å²) in [5.41, 5.74) is 4.00. The minimum atomic E-state index is -0.101. The molecule has 0 fully saturated rings. The van der Waals surface area contributed by atoms with Gasteiger partial charge in [-0.2, -0.15) is 10.4 Å². The number of aromatic amines is 1. The van der Waals surface area contributed by atoms with Crippen LogP contribution >= 0.6 is 0 Å². The van der Waals surface area contributed by atoms with Gasteiger partial charge in [-0.15, -0.1) is 0 Å². The smallest absolute Gasteiger partial charge is 0.225 e. The second-order valence-electron chi connectivity index (χ2n) is 7.00. The normalized spacial score (nSPS) is 11.0. The van der Waals surface area contributed by atoms with Gasteiger partial charge in [0.05, 0.1) is 17.1 Å². The molecule has 11 heteroatoms. The Morgan fingerprint density at radius 1 is 1.22 bits per heavy atom. The van der Waals surface area contributed by atoms with Crippen LogP contribution in [0.5, 0.6) is 0 Å². The molecule has 5 aromatic rings. The number of imidazole rings is 1. The highest BCUT2D eigenvalue weighted by atomic mass is 16.1. The van der Waals surface area contributed by atoms with Crippen LogP contribution in [-0.2, 0) is 4.79 Å². The van der Waals surface area contributed by atoms with Crippen LogP contribution in [0.1, 0.15) is 18.9 Å². The topological polar surface area (TPSA) is 164 Å². The molecule has 4 N–H and O–H groups in total. The molecule has 0 aromatic carbocycles. The van der Waals surface area contributed by atoms with E-state index >= 15 is 0 Å². The molecule has 0 spiro atoms. The van der Waals surface area contributed by atoms with Gasteiger partial charge in [0.2, 0.25) is 5.91 Å². The Morgan fingerprint density at radius 2 is 2.06 bits per heavy atom. The van der Waals surface area contributed by atoms with E-state index in [2.05, 4.69) is 41.5 Å². The van der Waals surface area contributed by atoms with E-state index in [4.69, 9.17) is 5.84 Å². The maximum Gasteiger partial charge on any atom is 0.225 e. The lowest BCUT2D eigenvalue weighted by Crippen LogP contribution is -2.10. The molecular weight excluding hydrogens is 408 g/mol. The molecule has 0 aliphatic rings. The van der Waals surface area contributed by atoms with Crippen molar-refractivity contribution in [3.05, 3.63) is 48.5 Å². The van der Waals surface area contributed by atoms with Crippen molar-refractivity contribution in [1.29, 1.82) is 5.26 Å². The van der Waals surface area contributed by atoms with Gasteiger partial charge in [-0.1, -0.05) is 6.92 Å². The number of nitrogen functional groups attached to an aromatic ring is 1. The number of carbonyl (C=O) groups excluding carboxylic acids is 1. The molecule has 1 amide bonds. The van der Waals surface area contributed by atoms with Gasteiger partial charge in [0.15, 0.2) is 11.5 Å².